The Bertz CT molecular complexity index is 1370. The number of halogens is 3. The first kappa shape index (κ1) is 22.9. The molecule has 3 heterocycles. The number of aromatic amines is 1. The van der Waals surface area contributed by atoms with Crippen LogP contribution in [0.2, 0.25) is 5.15 Å². The number of fused-ring (bicyclic) bond motifs is 2. The van der Waals surface area contributed by atoms with E-state index >= 15 is 4.39 Å². The Morgan fingerprint density at radius 2 is 2.12 bits per heavy atom. The Hall–Kier alpha value is -2.89. The Morgan fingerprint density at radius 3 is 2.85 bits per heavy atom. The van der Waals surface area contributed by atoms with Gasteiger partial charge in [0.2, 0.25) is 5.65 Å². The van der Waals surface area contributed by atoms with Crippen LogP contribution < -0.4 is 10.6 Å². The lowest BCUT2D eigenvalue weighted by Gasteiger charge is -2.38. The maximum absolute atomic E-state index is 15.5. The van der Waals surface area contributed by atoms with Gasteiger partial charge in [0, 0.05) is 25.2 Å². The smallest absolute Gasteiger partial charge is 0.202 e. The number of H-pyrrole nitrogens is 1. The minimum atomic E-state index is -1.23. The number of nitrogens with one attached hydrogen (secondary N) is 1. The first-order valence-electron chi connectivity index (χ1n) is 11.2. The predicted octanol–water partition coefficient (Wildman–Crippen LogP) is 3.33. The van der Waals surface area contributed by atoms with Crippen molar-refractivity contribution in [3.63, 3.8) is 0 Å². The van der Waals surface area contributed by atoms with Crippen LogP contribution in [0.3, 0.4) is 0 Å². The van der Waals surface area contributed by atoms with Crippen molar-refractivity contribution < 1.29 is 13.9 Å². The molecule has 0 unspecified atom stereocenters. The number of aliphatic hydroxyl groups excluding tert-OH is 1. The minimum Gasteiger partial charge on any atom is -0.390 e. The average Bonchev–Trinajstić information content (AvgIpc) is 3.40. The number of aliphatic hydroxyl groups is 1. The number of benzene rings is 1. The van der Waals surface area contributed by atoms with Crippen molar-refractivity contribution in [1.82, 2.24) is 29.9 Å². The van der Waals surface area contributed by atoms with Gasteiger partial charge in [-0.15, -0.1) is 0 Å². The third-order valence-corrected chi connectivity index (χ3v) is 6.97. The molecule has 0 amide bonds. The summed E-state index contributed by atoms with van der Waals surface area (Å²) in [4.78, 5) is 10.7. The summed E-state index contributed by atoms with van der Waals surface area (Å²) in [5, 5.41) is 21.8. The Kier molecular flexibility index (Phi) is 5.86. The highest BCUT2D eigenvalue weighted by atomic mass is 35.5. The maximum Gasteiger partial charge on any atom is 0.202 e. The zero-order valence-electron chi connectivity index (χ0n) is 18.8. The highest BCUT2D eigenvalue weighted by Gasteiger charge is 2.35. The molecule has 5 rings (SSSR count). The fraction of sp³-hybridized carbons (Fsp3) is 0.455. The van der Waals surface area contributed by atoms with Crippen molar-refractivity contribution in [3.05, 3.63) is 28.8 Å². The van der Waals surface area contributed by atoms with E-state index in [1.807, 2.05) is 6.92 Å². The summed E-state index contributed by atoms with van der Waals surface area (Å²) in [5.41, 5.74) is 7.62. The molecule has 1 aromatic carbocycles. The summed E-state index contributed by atoms with van der Waals surface area (Å²) in [7, 11) is 1.71. The molecule has 0 radical (unpaired) electrons. The topological polar surface area (TPSA) is 122 Å². The second kappa shape index (κ2) is 8.71. The van der Waals surface area contributed by atoms with Crippen LogP contribution >= 0.6 is 11.6 Å². The number of aryl methyl sites for hydroxylation is 1. The Morgan fingerprint density at radius 1 is 1.32 bits per heavy atom. The molecule has 4 N–H and O–H groups in total. The molecule has 1 aliphatic rings. The van der Waals surface area contributed by atoms with E-state index in [0.717, 1.165) is 6.42 Å². The Balaban J connectivity index is 1.61. The first-order chi connectivity index (χ1) is 16.3. The lowest BCUT2D eigenvalue weighted by atomic mass is 9.89. The number of nitrogens with zero attached hydrogens (tertiary/aromatic N) is 6. The number of aromatic nitrogens is 6. The van der Waals surface area contributed by atoms with Crippen molar-refractivity contribution in [2.75, 3.05) is 11.9 Å². The summed E-state index contributed by atoms with van der Waals surface area (Å²) in [6, 6.07) is 2.21. The second-order valence-electron chi connectivity index (χ2n) is 8.57. The molecule has 1 fully saturated rings. The van der Waals surface area contributed by atoms with Crippen LogP contribution in [0.25, 0.3) is 33.3 Å². The van der Waals surface area contributed by atoms with Crippen LogP contribution in [-0.2, 0) is 13.2 Å². The zero-order valence-corrected chi connectivity index (χ0v) is 19.5. The second-order valence-corrected chi connectivity index (χ2v) is 8.93. The molecule has 9 nitrogen and oxygen atoms in total. The molecule has 180 valence electrons. The molecule has 0 bridgehead atoms. The molecular weight excluding hydrogens is 466 g/mol. The van der Waals surface area contributed by atoms with Gasteiger partial charge in [-0.2, -0.15) is 10.2 Å². The molecule has 3 aromatic heterocycles. The van der Waals surface area contributed by atoms with E-state index < -0.39 is 30.7 Å². The number of hydrogen-bond acceptors (Lipinski definition) is 7. The minimum absolute atomic E-state index is 0.203. The van der Waals surface area contributed by atoms with E-state index in [4.69, 9.17) is 17.3 Å². The van der Waals surface area contributed by atoms with Crippen molar-refractivity contribution in [1.29, 1.82) is 0 Å². The molecule has 4 aromatic rings. The summed E-state index contributed by atoms with van der Waals surface area (Å²) < 4.78 is 31.9. The van der Waals surface area contributed by atoms with Gasteiger partial charge < -0.3 is 15.7 Å². The molecule has 0 spiro atoms. The summed E-state index contributed by atoms with van der Waals surface area (Å²) >= 11 is 6.34. The third kappa shape index (κ3) is 3.50. The van der Waals surface area contributed by atoms with E-state index in [1.54, 1.807) is 24.1 Å². The van der Waals surface area contributed by atoms with Gasteiger partial charge in [-0.1, -0.05) is 11.6 Å². The van der Waals surface area contributed by atoms with Gasteiger partial charge in [0.25, 0.3) is 0 Å². The predicted molar refractivity (Wildman–Crippen MR) is 126 cm³/mol. The van der Waals surface area contributed by atoms with E-state index in [0.29, 0.717) is 36.4 Å². The molecular formula is C22H25ClF2N8O. The third-order valence-electron chi connectivity index (χ3n) is 6.58. The van der Waals surface area contributed by atoms with Crippen LogP contribution in [0.5, 0.6) is 0 Å². The van der Waals surface area contributed by atoms with E-state index in [-0.39, 0.29) is 33.0 Å². The number of hydrogen-bond donors (Lipinski definition) is 3. The van der Waals surface area contributed by atoms with Crippen molar-refractivity contribution in [2.45, 2.75) is 57.6 Å². The molecule has 3 atom stereocenters. The van der Waals surface area contributed by atoms with Crippen molar-refractivity contribution in [2.24, 2.45) is 5.73 Å². The van der Waals surface area contributed by atoms with Gasteiger partial charge in [-0.05, 0) is 38.3 Å². The molecule has 1 aliphatic carbocycles. The maximum atomic E-state index is 15.5. The fourth-order valence-corrected chi connectivity index (χ4v) is 5.06. The van der Waals surface area contributed by atoms with Gasteiger partial charge in [0.1, 0.15) is 28.4 Å². The number of alkyl halides is 1. The van der Waals surface area contributed by atoms with E-state index in [1.165, 1.54) is 4.68 Å². The van der Waals surface area contributed by atoms with Gasteiger partial charge in [0.15, 0.2) is 5.82 Å². The quantitative estimate of drug-likeness (QED) is 0.392. The van der Waals surface area contributed by atoms with Gasteiger partial charge in [0.05, 0.1) is 29.2 Å². The summed E-state index contributed by atoms with van der Waals surface area (Å²) in [6.45, 7) is 1.94. The highest BCUT2D eigenvalue weighted by Crippen LogP contribution is 2.36. The fourth-order valence-electron chi connectivity index (χ4n) is 4.72. The molecule has 34 heavy (non-hydrogen) atoms. The monoisotopic (exact) mass is 490 g/mol. The van der Waals surface area contributed by atoms with Crippen LogP contribution in [-0.4, -0.2) is 60.4 Å². The number of nitrogens with two attached hydrogens (primary N) is 1. The number of rotatable bonds is 5. The van der Waals surface area contributed by atoms with Crippen molar-refractivity contribution >= 4 is 39.5 Å². The summed E-state index contributed by atoms with van der Waals surface area (Å²) in [6.07, 6.45) is 0.807. The van der Waals surface area contributed by atoms with Crippen molar-refractivity contribution in [3.8, 4) is 11.3 Å². The highest BCUT2D eigenvalue weighted by molar-refractivity contribution is 6.34. The van der Waals surface area contributed by atoms with Crippen LogP contribution in [0.15, 0.2) is 12.1 Å². The average molecular weight is 491 g/mol. The number of anilines is 1. The van der Waals surface area contributed by atoms with Crippen LogP contribution in [0.1, 0.15) is 31.9 Å². The lowest BCUT2D eigenvalue weighted by molar-refractivity contribution is 0.184. The SMILES string of the molecule is CCn1nc2ccc(-c3[nH]nc4nc(N(C)[C@@H]5CCC[C@H](N)[C@@H]5F)c(CO)nc34)c(F)c2c1Cl. The van der Waals surface area contributed by atoms with Gasteiger partial charge in [-0.25, -0.2) is 18.7 Å². The molecule has 1 saturated carbocycles. The van der Waals surface area contributed by atoms with Crippen LogP contribution in [0.4, 0.5) is 14.6 Å². The van der Waals surface area contributed by atoms with E-state index in [9.17, 15) is 9.50 Å². The lowest BCUT2D eigenvalue weighted by Crippen LogP contribution is -2.51. The zero-order chi connectivity index (χ0) is 24.1. The van der Waals surface area contributed by atoms with Crippen LogP contribution in [0, 0.1) is 5.82 Å². The molecule has 0 saturated heterocycles. The van der Waals surface area contributed by atoms with Gasteiger partial charge >= 0.3 is 0 Å². The Labute approximate surface area is 198 Å². The normalized spacial score (nSPS) is 21.0. The first-order valence-corrected chi connectivity index (χ1v) is 11.6. The van der Waals surface area contributed by atoms with E-state index in [2.05, 4.69) is 25.3 Å². The largest absolute Gasteiger partial charge is 0.390 e. The summed E-state index contributed by atoms with van der Waals surface area (Å²) in [5.74, 6) is -0.240. The molecule has 12 heteroatoms. The van der Waals surface area contributed by atoms with Gasteiger partial charge in [-0.3, -0.25) is 9.78 Å². The molecule has 0 aliphatic heterocycles. The standard InChI is InChI=1S/C22H25ClF2N8O/c1-3-33-20(23)15-12(31-33)8-7-10(16(15)24)18-19-21(30-29-18)28-22(13(9-34)27-19)32(2)14-6-4-5-11(26)17(14)25/h7-8,11,14,17,34H,3-6,9,26H2,1-2H3,(H,28,29,30)/t11-,14+,17-/m0/s1.